The molecular formula is C21H19Cl2NO6. The summed E-state index contributed by atoms with van der Waals surface area (Å²) < 4.78 is 15.2. The van der Waals surface area contributed by atoms with Gasteiger partial charge in [0.15, 0.2) is 12.4 Å². The summed E-state index contributed by atoms with van der Waals surface area (Å²) in [5.74, 6) is -1.45. The predicted molar refractivity (Wildman–Crippen MR) is 111 cm³/mol. The Balaban J connectivity index is 1.80. The maximum atomic E-state index is 12.2. The van der Waals surface area contributed by atoms with Crippen LogP contribution >= 0.6 is 23.2 Å². The van der Waals surface area contributed by atoms with Crippen molar-refractivity contribution >= 4 is 40.9 Å². The Morgan fingerprint density at radius 1 is 1.07 bits per heavy atom. The van der Waals surface area contributed by atoms with E-state index in [2.05, 4.69) is 11.6 Å². The number of rotatable bonds is 10. The summed E-state index contributed by atoms with van der Waals surface area (Å²) in [5, 5.41) is 0.0223. The van der Waals surface area contributed by atoms with Crippen molar-refractivity contribution in [2.75, 3.05) is 19.8 Å². The van der Waals surface area contributed by atoms with Crippen LogP contribution in [-0.4, -0.2) is 42.5 Å². The van der Waals surface area contributed by atoms with Crippen molar-refractivity contribution in [3.05, 3.63) is 70.0 Å². The molecule has 0 aliphatic rings. The molecular weight excluding hydrogens is 433 g/mol. The van der Waals surface area contributed by atoms with Crippen LogP contribution in [0.2, 0.25) is 10.0 Å². The van der Waals surface area contributed by atoms with E-state index in [0.29, 0.717) is 17.6 Å². The number of ketones is 1. The predicted octanol–water partition coefficient (Wildman–Crippen LogP) is 4.32. The Morgan fingerprint density at radius 3 is 2.47 bits per heavy atom. The van der Waals surface area contributed by atoms with E-state index in [1.54, 1.807) is 19.1 Å². The number of carbonyl (C=O) groups excluding carboxylic acids is 3. The number of nitrogens with zero attached hydrogens (tertiary/aromatic N) is 1. The van der Waals surface area contributed by atoms with E-state index in [4.69, 9.17) is 37.4 Å². The number of aromatic nitrogens is 1. The zero-order chi connectivity index (χ0) is 22.1. The molecule has 0 fully saturated rings. The zero-order valence-electron chi connectivity index (χ0n) is 16.2. The Morgan fingerprint density at radius 2 is 1.80 bits per heavy atom. The van der Waals surface area contributed by atoms with Crippen LogP contribution in [0.25, 0.3) is 0 Å². The molecule has 0 bridgehead atoms. The van der Waals surface area contributed by atoms with Crippen molar-refractivity contribution in [2.45, 2.75) is 13.3 Å². The molecule has 9 heteroatoms. The Kier molecular flexibility index (Phi) is 8.83. The number of carbonyl (C=O) groups is 3. The summed E-state index contributed by atoms with van der Waals surface area (Å²) in [5.41, 5.74) is 0.899. The van der Waals surface area contributed by atoms with E-state index in [1.165, 1.54) is 24.5 Å². The summed E-state index contributed by atoms with van der Waals surface area (Å²) >= 11 is 12.3. The van der Waals surface area contributed by atoms with Crippen LogP contribution in [-0.2, 0) is 14.3 Å². The van der Waals surface area contributed by atoms with Crippen molar-refractivity contribution in [3.8, 4) is 5.75 Å². The Labute approximate surface area is 183 Å². The minimum absolute atomic E-state index is 0.00428. The molecule has 2 rings (SSSR count). The van der Waals surface area contributed by atoms with Crippen molar-refractivity contribution < 1.29 is 28.6 Å². The van der Waals surface area contributed by atoms with Crippen LogP contribution in [0.4, 0.5) is 0 Å². The quantitative estimate of drug-likeness (QED) is 0.230. The van der Waals surface area contributed by atoms with Gasteiger partial charge in [0, 0.05) is 18.0 Å². The van der Waals surface area contributed by atoms with Gasteiger partial charge in [0.05, 0.1) is 10.6 Å². The molecule has 0 N–H and O–H groups in total. The molecule has 0 aliphatic carbocycles. The second kappa shape index (κ2) is 11.3. The molecule has 1 heterocycles. The minimum atomic E-state index is -0.695. The topological polar surface area (TPSA) is 91.8 Å². The summed E-state index contributed by atoms with van der Waals surface area (Å²) in [6, 6.07) is 6.05. The molecule has 0 atom stereocenters. The first kappa shape index (κ1) is 23.4. The monoisotopic (exact) mass is 451 g/mol. The fraction of sp³-hybridized carbons (Fsp3) is 0.238. The average Bonchev–Trinajstić information content (AvgIpc) is 2.77. The fourth-order valence-electron chi connectivity index (χ4n) is 2.20. The highest BCUT2D eigenvalue weighted by molar-refractivity contribution is 6.45. The number of hydrogen-bond donors (Lipinski definition) is 0. The van der Waals surface area contributed by atoms with E-state index in [9.17, 15) is 14.4 Å². The number of allylic oxidation sites excluding steroid dienone is 1. The van der Waals surface area contributed by atoms with Crippen LogP contribution in [0.1, 0.15) is 34.1 Å². The van der Waals surface area contributed by atoms with E-state index >= 15 is 0 Å². The number of hydrogen-bond acceptors (Lipinski definition) is 7. The third-order valence-electron chi connectivity index (χ3n) is 3.86. The van der Waals surface area contributed by atoms with Crippen LogP contribution < -0.4 is 4.74 Å². The number of Topliss-reactive ketones (excluding diaryl/α,β-unsaturated/α-hetero) is 1. The van der Waals surface area contributed by atoms with Crippen LogP contribution in [0.3, 0.4) is 0 Å². The first-order valence-corrected chi connectivity index (χ1v) is 9.66. The Hall–Kier alpha value is -2.90. The number of pyridine rings is 1. The van der Waals surface area contributed by atoms with Crippen molar-refractivity contribution in [2.24, 2.45) is 0 Å². The second-order valence-corrected chi connectivity index (χ2v) is 6.67. The zero-order valence-corrected chi connectivity index (χ0v) is 17.7. The van der Waals surface area contributed by atoms with Gasteiger partial charge in [-0.2, -0.15) is 0 Å². The molecule has 1 aromatic carbocycles. The maximum absolute atomic E-state index is 12.2. The van der Waals surface area contributed by atoms with Crippen molar-refractivity contribution in [1.29, 1.82) is 0 Å². The first-order valence-electron chi connectivity index (χ1n) is 8.91. The lowest BCUT2D eigenvalue weighted by Crippen LogP contribution is -2.19. The summed E-state index contributed by atoms with van der Waals surface area (Å²) in [6.07, 6.45) is 3.38. The van der Waals surface area contributed by atoms with Crippen LogP contribution in [0, 0.1) is 0 Å². The molecule has 7 nitrogen and oxygen atoms in total. The molecule has 1 aromatic heterocycles. The van der Waals surface area contributed by atoms with E-state index < -0.39 is 18.5 Å². The summed E-state index contributed by atoms with van der Waals surface area (Å²) in [4.78, 5) is 39.5. The highest BCUT2D eigenvalue weighted by Crippen LogP contribution is 2.35. The molecule has 0 amide bonds. The smallest absolute Gasteiger partial charge is 0.344 e. The third kappa shape index (κ3) is 6.30. The lowest BCUT2D eigenvalue weighted by atomic mass is 10.0. The lowest BCUT2D eigenvalue weighted by molar-refractivity contribution is -0.147. The highest BCUT2D eigenvalue weighted by Gasteiger charge is 2.18. The molecule has 2 aromatic rings. The van der Waals surface area contributed by atoms with Gasteiger partial charge in [0.2, 0.25) is 0 Å². The van der Waals surface area contributed by atoms with Gasteiger partial charge in [-0.1, -0.05) is 36.7 Å². The maximum Gasteiger partial charge on any atom is 0.344 e. The largest absolute Gasteiger partial charge is 0.480 e. The second-order valence-electron chi connectivity index (χ2n) is 5.91. The molecule has 0 spiro atoms. The Bertz CT molecular complexity index is 946. The molecule has 0 aliphatic heterocycles. The number of ether oxygens (including phenoxy) is 3. The van der Waals surface area contributed by atoms with Gasteiger partial charge in [0.25, 0.3) is 0 Å². The average molecular weight is 452 g/mol. The molecule has 0 unspecified atom stereocenters. The SMILES string of the molecule is C=C(CC)C(=O)c1ccc(OCC(=O)OCCOC(=O)c2cccnc2)c(Cl)c1Cl. The minimum Gasteiger partial charge on any atom is -0.480 e. The van der Waals surface area contributed by atoms with Gasteiger partial charge < -0.3 is 14.2 Å². The van der Waals surface area contributed by atoms with E-state index in [1.807, 2.05) is 0 Å². The molecule has 0 saturated heterocycles. The highest BCUT2D eigenvalue weighted by atomic mass is 35.5. The van der Waals surface area contributed by atoms with Gasteiger partial charge in [-0.05, 0) is 36.3 Å². The summed E-state index contributed by atoms with van der Waals surface area (Å²) in [6.45, 7) is 4.78. The number of halogens is 2. The van der Waals surface area contributed by atoms with Gasteiger partial charge in [-0.25, -0.2) is 9.59 Å². The normalized spacial score (nSPS) is 10.2. The fourth-order valence-corrected chi connectivity index (χ4v) is 2.67. The van der Waals surface area contributed by atoms with Gasteiger partial charge in [-0.3, -0.25) is 9.78 Å². The molecule has 158 valence electrons. The standard InChI is InChI=1S/C21H19Cl2NO6/c1-3-13(2)20(26)15-6-7-16(19(23)18(15)22)30-12-17(25)28-9-10-29-21(27)14-5-4-8-24-11-14/h4-8,11H,2-3,9-10,12H2,1H3. The number of benzene rings is 1. The molecule has 30 heavy (non-hydrogen) atoms. The summed E-state index contributed by atoms with van der Waals surface area (Å²) in [7, 11) is 0. The third-order valence-corrected chi connectivity index (χ3v) is 4.73. The molecule has 0 saturated carbocycles. The van der Waals surface area contributed by atoms with E-state index in [-0.39, 0.29) is 40.4 Å². The van der Waals surface area contributed by atoms with Gasteiger partial charge in [-0.15, -0.1) is 0 Å². The molecule has 0 radical (unpaired) electrons. The lowest BCUT2D eigenvalue weighted by Gasteiger charge is -2.12. The first-order chi connectivity index (χ1) is 14.3. The number of esters is 2. The van der Waals surface area contributed by atoms with Crippen LogP contribution in [0.5, 0.6) is 5.75 Å². The van der Waals surface area contributed by atoms with E-state index in [0.717, 1.165) is 0 Å². The van der Waals surface area contributed by atoms with Crippen LogP contribution in [0.15, 0.2) is 48.8 Å². The van der Waals surface area contributed by atoms with Gasteiger partial charge in [0.1, 0.15) is 24.0 Å². The van der Waals surface area contributed by atoms with Crippen molar-refractivity contribution in [3.63, 3.8) is 0 Å². The van der Waals surface area contributed by atoms with Crippen molar-refractivity contribution in [1.82, 2.24) is 4.98 Å². The van der Waals surface area contributed by atoms with Gasteiger partial charge >= 0.3 is 11.9 Å².